The minimum atomic E-state index is -0.180. The van der Waals surface area contributed by atoms with E-state index in [2.05, 4.69) is 52.6 Å². The molecule has 3 nitrogen and oxygen atoms in total. The first kappa shape index (κ1) is 23.7. The van der Waals surface area contributed by atoms with E-state index in [1.165, 1.54) is 12.0 Å². The maximum Gasteiger partial charge on any atom is 0.123 e. The van der Waals surface area contributed by atoms with Crippen molar-refractivity contribution in [3.63, 3.8) is 0 Å². The zero-order chi connectivity index (χ0) is 23.3. The number of hydrogen-bond donors (Lipinski definition) is 1. The van der Waals surface area contributed by atoms with Gasteiger partial charge in [0.1, 0.15) is 11.9 Å². The van der Waals surface area contributed by atoms with Crippen LogP contribution in [-0.2, 0) is 9.59 Å². The summed E-state index contributed by atoms with van der Waals surface area (Å²) >= 11 is 0. The minimum absolute atomic E-state index is 0.0448. The molecule has 4 aliphatic rings. The maximum absolute atomic E-state index is 12.2. The molecule has 0 aromatic rings. The van der Waals surface area contributed by atoms with Gasteiger partial charge in [-0.1, -0.05) is 46.3 Å². The highest BCUT2D eigenvalue weighted by Gasteiger charge is 2.61. The van der Waals surface area contributed by atoms with Crippen molar-refractivity contribution >= 4 is 11.9 Å². The molecule has 0 unspecified atom stereocenters. The molecule has 0 bridgehead atoms. The minimum Gasteiger partial charge on any atom is -0.393 e. The van der Waals surface area contributed by atoms with Gasteiger partial charge in [0.25, 0.3) is 0 Å². The largest absolute Gasteiger partial charge is 0.393 e. The second-order valence-electron chi connectivity index (χ2n) is 12.4. The van der Waals surface area contributed by atoms with Gasteiger partial charge < -0.3 is 5.11 Å². The molecule has 4 rings (SSSR count). The van der Waals surface area contributed by atoms with Gasteiger partial charge in [-0.05, 0) is 98.2 Å². The van der Waals surface area contributed by atoms with Gasteiger partial charge in [0.2, 0.25) is 0 Å². The highest BCUT2D eigenvalue weighted by atomic mass is 16.3. The van der Waals surface area contributed by atoms with Crippen molar-refractivity contribution in [2.75, 3.05) is 0 Å². The lowest BCUT2D eigenvalue weighted by atomic mass is 9.47. The monoisotopic (exact) mass is 438 g/mol. The Labute approximate surface area is 194 Å². The fourth-order valence-corrected chi connectivity index (χ4v) is 8.52. The van der Waals surface area contributed by atoms with E-state index in [1.807, 2.05) is 0 Å². The lowest BCUT2D eigenvalue weighted by Gasteiger charge is -2.58. The molecule has 32 heavy (non-hydrogen) atoms. The van der Waals surface area contributed by atoms with Crippen LogP contribution in [0.15, 0.2) is 22.8 Å². The molecule has 3 fully saturated rings. The molecule has 0 amide bonds. The van der Waals surface area contributed by atoms with Gasteiger partial charge in [-0.15, -0.1) is 0 Å². The fourth-order valence-electron chi connectivity index (χ4n) is 8.52. The van der Waals surface area contributed by atoms with Crippen LogP contribution in [0.5, 0.6) is 0 Å². The molecular weight excluding hydrogens is 396 g/mol. The Kier molecular flexibility index (Phi) is 6.49. The normalized spacial score (nSPS) is 41.7. The van der Waals surface area contributed by atoms with Gasteiger partial charge in [-0.25, -0.2) is 9.59 Å². The van der Waals surface area contributed by atoms with Gasteiger partial charge in [-0.3, -0.25) is 0 Å². The average molecular weight is 439 g/mol. The van der Waals surface area contributed by atoms with Crippen molar-refractivity contribution in [3.8, 4) is 0 Å². The molecule has 0 radical (unpaired) electrons. The van der Waals surface area contributed by atoms with Gasteiger partial charge in [0.05, 0.1) is 6.10 Å². The van der Waals surface area contributed by atoms with Crippen LogP contribution in [0.3, 0.4) is 0 Å². The van der Waals surface area contributed by atoms with E-state index in [9.17, 15) is 14.7 Å². The molecule has 3 heteroatoms. The Morgan fingerprint density at radius 3 is 2.53 bits per heavy atom. The number of carbonyl (C=O) groups excluding carboxylic acids is 2. The summed E-state index contributed by atoms with van der Waals surface area (Å²) in [6.07, 6.45) is 11.1. The first-order chi connectivity index (χ1) is 15.2. The number of aliphatic hydroxyl groups excluding tert-OH is 1. The van der Waals surface area contributed by atoms with Crippen LogP contribution in [0.4, 0.5) is 0 Å². The molecule has 0 aromatic heterocycles. The van der Waals surface area contributed by atoms with E-state index in [0.717, 1.165) is 62.5 Å². The van der Waals surface area contributed by atoms with Crippen LogP contribution < -0.4 is 0 Å². The first-order valence-corrected chi connectivity index (χ1v) is 13.0. The Morgan fingerprint density at radius 1 is 1.12 bits per heavy atom. The summed E-state index contributed by atoms with van der Waals surface area (Å²) in [6.45, 7) is 11.4. The number of hydrogen-bond acceptors (Lipinski definition) is 3. The number of aliphatic hydroxyl groups is 1. The lowest BCUT2D eigenvalue weighted by molar-refractivity contribution is -0.0538. The highest BCUT2D eigenvalue weighted by molar-refractivity contribution is 5.59. The summed E-state index contributed by atoms with van der Waals surface area (Å²) in [5.74, 6) is 7.06. The molecule has 0 aliphatic heterocycles. The van der Waals surface area contributed by atoms with Gasteiger partial charge >= 0.3 is 0 Å². The van der Waals surface area contributed by atoms with Crippen molar-refractivity contribution in [2.24, 2.45) is 46.3 Å². The maximum atomic E-state index is 12.2. The third-order valence-corrected chi connectivity index (χ3v) is 10.3. The lowest BCUT2D eigenvalue weighted by Crippen LogP contribution is -2.51. The summed E-state index contributed by atoms with van der Waals surface area (Å²) < 4.78 is 0. The third-order valence-electron chi connectivity index (χ3n) is 10.3. The Balaban J connectivity index is 1.64. The Bertz CT molecular complexity index is 871. The van der Waals surface area contributed by atoms with Crippen molar-refractivity contribution in [1.29, 1.82) is 0 Å². The van der Waals surface area contributed by atoms with Crippen molar-refractivity contribution < 1.29 is 14.7 Å². The number of fused-ring (bicyclic) bond motifs is 5. The molecule has 0 aromatic carbocycles. The SMILES string of the molecule is CC(C)CCC(=C=O)[C@@H](C)[C@H]1C(=C=O)C[C@H]2[C@@H]3CC=C4C[C@@H](O)CC[C@]4(C)[C@H]3CC[C@]12C. The Hall–Kier alpha value is -1.40. The standard InChI is InChI=1S/C29H42O3/c1-18(2)6-7-20(16-30)19(3)27-21(17-31)14-26-24-9-8-22-15-23(32)10-12-28(22,4)25(24)11-13-29(26,27)5/h8,18-19,23-27,32H,6-7,9-15H2,1-5H3/t19-,23+,24-,25+,26+,27+,28+,29+/m1/s1. The van der Waals surface area contributed by atoms with Gasteiger partial charge in [-0.2, -0.15) is 0 Å². The summed E-state index contributed by atoms with van der Waals surface area (Å²) in [4.78, 5) is 24.1. The zero-order valence-corrected chi connectivity index (χ0v) is 20.7. The van der Waals surface area contributed by atoms with E-state index in [0.29, 0.717) is 23.7 Å². The quantitative estimate of drug-likeness (QED) is 0.415. The molecule has 0 saturated heterocycles. The van der Waals surface area contributed by atoms with Gasteiger partial charge in [0.15, 0.2) is 0 Å². The van der Waals surface area contributed by atoms with Crippen LogP contribution in [0.25, 0.3) is 0 Å². The van der Waals surface area contributed by atoms with Crippen LogP contribution in [0, 0.1) is 46.3 Å². The summed E-state index contributed by atoms with van der Waals surface area (Å²) in [7, 11) is 0. The molecule has 1 N–H and O–H groups in total. The van der Waals surface area contributed by atoms with Crippen molar-refractivity contribution in [2.45, 2.75) is 98.5 Å². The second kappa shape index (κ2) is 8.75. The van der Waals surface area contributed by atoms with Crippen LogP contribution in [0.2, 0.25) is 0 Å². The van der Waals surface area contributed by atoms with Crippen LogP contribution in [0.1, 0.15) is 92.4 Å². The average Bonchev–Trinajstić information content (AvgIpc) is 3.06. The van der Waals surface area contributed by atoms with Crippen molar-refractivity contribution in [3.05, 3.63) is 22.8 Å². The predicted octanol–water partition coefficient (Wildman–Crippen LogP) is 6.12. The summed E-state index contributed by atoms with van der Waals surface area (Å²) in [5.41, 5.74) is 3.50. The van der Waals surface area contributed by atoms with E-state index >= 15 is 0 Å². The molecule has 176 valence electrons. The number of rotatable bonds is 5. The molecular formula is C29H42O3. The van der Waals surface area contributed by atoms with E-state index in [1.54, 1.807) is 0 Å². The summed E-state index contributed by atoms with van der Waals surface area (Å²) in [5, 5.41) is 10.2. The van der Waals surface area contributed by atoms with Crippen LogP contribution >= 0.6 is 0 Å². The topological polar surface area (TPSA) is 54.4 Å². The van der Waals surface area contributed by atoms with Crippen LogP contribution in [-0.4, -0.2) is 23.1 Å². The summed E-state index contributed by atoms with van der Waals surface area (Å²) in [6, 6.07) is 0. The van der Waals surface area contributed by atoms with E-state index in [-0.39, 0.29) is 28.8 Å². The highest BCUT2D eigenvalue weighted by Crippen LogP contribution is 2.68. The van der Waals surface area contributed by atoms with Crippen molar-refractivity contribution in [1.82, 2.24) is 0 Å². The Morgan fingerprint density at radius 2 is 1.88 bits per heavy atom. The van der Waals surface area contributed by atoms with E-state index in [4.69, 9.17) is 0 Å². The van der Waals surface area contributed by atoms with E-state index < -0.39 is 0 Å². The molecule has 0 heterocycles. The smallest absolute Gasteiger partial charge is 0.123 e. The molecule has 4 aliphatic carbocycles. The predicted molar refractivity (Wildman–Crippen MR) is 128 cm³/mol. The van der Waals surface area contributed by atoms with Gasteiger partial charge in [0, 0.05) is 17.1 Å². The molecule has 0 spiro atoms. The first-order valence-electron chi connectivity index (χ1n) is 13.0. The number of allylic oxidation sites excluding steroid dienone is 3. The third kappa shape index (κ3) is 3.71. The molecule has 3 saturated carbocycles. The molecule has 8 atom stereocenters. The zero-order valence-electron chi connectivity index (χ0n) is 20.7. The fraction of sp³-hybridized carbons (Fsp3) is 0.793. The second-order valence-corrected chi connectivity index (χ2v) is 12.4.